The number of fused-ring (bicyclic) bond motifs is 1. The fraction of sp³-hybridized carbons (Fsp3) is 0.160. The highest BCUT2D eigenvalue weighted by atomic mass is 19.4. The standard InChI is InChI=1S/C25H20F3N7O2/c1-3-37-21-10-19-17(9-20(21)32-24(36)16-11-31-35(12-16)25(26,27)28)23(30-14-29-19)18-13-34(2)33-22(18)15-7-5-4-6-8-15/h4-14H,3H2,1-2H3,(H,32,36). The van der Waals surface area contributed by atoms with Crippen LogP contribution in [-0.4, -0.2) is 42.0 Å². The number of carbonyl (C=O) groups excluding carboxylic acids is 1. The van der Waals surface area contributed by atoms with E-state index in [1.165, 1.54) is 6.33 Å². The first-order valence-corrected chi connectivity index (χ1v) is 11.2. The summed E-state index contributed by atoms with van der Waals surface area (Å²) in [4.78, 5) is 21.7. The summed E-state index contributed by atoms with van der Waals surface area (Å²) < 4.78 is 45.9. The molecule has 0 fully saturated rings. The first kappa shape index (κ1) is 24.0. The molecule has 37 heavy (non-hydrogen) atoms. The molecule has 0 atom stereocenters. The molecule has 188 valence electrons. The van der Waals surface area contributed by atoms with Crippen LogP contribution in [0.5, 0.6) is 5.75 Å². The second-order valence-electron chi connectivity index (χ2n) is 8.05. The molecule has 3 heterocycles. The van der Waals surface area contributed by atoms with E-state index < -0.39 is 12.2 Å². The van der Waals surface area contributed by atoms with E-state index in [0.29, 0.717) is 40.8 Å². The van der Waals surface area contributed by atoms with Gasteiger partial charge in [0.1, 0.15) is 17.8 Å². The van der Waals surface area contributed by atoms with Crippen molar-refractivity contribution in [1.82, 2.24) is 29.5 Å². The van der Waals surface area contributed by atoms with E-state index in [0.717, 1.165) is 17.3 Å². The number of halogens is 3. The van der Waals surface area contributed by atoms with Gasteiger partial charge in [0.05, 0.1) is 35.3 Å². The van der Waals surface area contributed by atoms with Gasteiger partial charge in [-0.2, -0.15) is 14.9 Å². The van der Waals surface area contributed by atoms with Crippen LogP contribution in [0.15, 0.2) is 67.4 Å². The third kappa shape index (κ3) is 4.73. The SMILES string of the molecule is CCOc1cc2ncnc(-c3cn(C)nc3-c3ccccc3)c2cc1NC(=O)c1cnn(C(F)(F)F)c1. The number of carbonyl (C=O) groups is 1. The number of hydrogen-bond donors (Lipinski definition) is 1. The van der Waals surface area contributed by atoms with Crippen LogP contribution < -0.4 is 10.1 Å². The van der Waals surface area contributed by atoms with Crippen molar-refractivity contribution >= 4 is 22.5 Å². The minimum absolute atomic E-state index is 0.231. The van der Waals surface area contributed by atoms with Crippen molar-refractivity contribution in [1.29, 1.82) is 0 Å². The van der Waals surface area contributed by atoms with Gasteiger partial charge >= 0.3 is 6.30 Å². The maximum absolute atomic E-state index is 12.9. The molecule has 0 saturated carbocycles. The Morgan fingerprint density at radius 2 is 1.86 bits per heavy atom. The van der Waals surface area contributed by atoms with Gasteiger partial charge in [0, 0.05) is 42.0 Å². The van der Waals surface area contributed by atoms with Gasteiger partial charge in [0.15, 0.2) is 0 Å². The zero-order valence-electron chi connectivity index (χ0n) is 19.7. The topological polar surface area (TPSA) is 99.8 Å². The number of nitrogens with one attached hydrogen (secondary N) is 1. The van der Waals surface area contributed by atoms with Crippen LogP contribution in [0.3, 0.4) is 0 Å². The third-order valence-corrected chi connectivity index (χ3v) is 5.52. The normalized spacial score (nSPS) is 11.6. The average Bonchev–Trinajstić information content (AvgIpc) is 3.52. The summed E-state index contributed by atoms with van der Waals surface area (Å²) in [6.45, 7) is 2.06. The molecule has 5 aromatic rings. The Balaban J connectivity index is 1.61. The molecule has 0 radical (unpaired) electrons. The molecule has 12 heteroatoms. The summed E-state index contributed by atoms with van der Waals surface area (Å²) >= 11 is 0. The first-order valence-electron chi connectivity index (χ1n) is 11.2. The highest BCUT2D eigenvalue weighted by molar-refractivity contribution is 6.07. The van der Waals surface area contributed by atoms with Gasteiger partial charge in [-0.3, -0.25) is 9.48 Å². The Bertz CT molecular complexity index is 1590. The van der Waals surface area contributed by atoms with Crippen LogP contribution in [0.25, 0.3) is 33.4 Å². The largest absolute Gasteiger partial charge is 0.504 e. The molecule has 0 aliphatic carbocycles. The second kappa shape index (κ2) is 9.37. The number of nitrogens with zero attached hydrogens (tertiary/aromatic N) is 6. The lowest BCUT2D eigenvalue weighted by Gasteiger charge is -2.14. The van der Waals surface area contributed by atoms with Crippen LogP contribution in [0.1, 0.15) is 17.3 Å². The maximum Gasteiger partial charge on any atom is 0.504 e. The predicted molar refractivity (Wildman–Crippen MR) is 130 cm³/mol. The monoisotopic (exact) mass is 507 g/mol. The lowest BCUT2D eigenvalue weighted by Crippen LogP contribution is -2.17. The Morgan fingerprint density at radius 1 is 1.08 bits per heavy atom. The minimum Gasteiger partial charge on any atom is -0.492 e. The molecule has 0 saturated heterocycles. The van der Waals surface area contributed by atoms with Gasteiger partial charge in [-0.15, -0.1) is 13.2 Å². The average molecular weight is 507 g/mol. The number of ether oxygens (including phenoxy) is 1. The van der Waals surface area contributed by atoms with Crippen molar-refractivity contribution < 1.29 is 22.7 Å². The van der Waals surface area contributed by atoms with Crippen LogP contribution in [-0.2, 0) is 13.3 Å². The Hall–Kier alpha value is -4.74. The first-order chi connectivity index (χ1) is 17.7. The zero-order valence-corrected chi connectivity index (χ0v) is 19.7. The Morgan fingerprint density at radius 3 is 2.57 bits per heavy atom. The highest BCUT2D eigenvalue weighted by Gasteiger charge is 2.32. The Labute approximate surface area is 208 Å². The summed E-state index contributed by atoms with van der Waals surface area (Å²) in [5, 5.41) is 11.1. The molecule has 3 aromatic heterocycles. The van der Waals surface area contributed by atoms with Crippen LogP contribution in [0.2, 0.25) is 0 Å². The summed E-state index contributed by atoms with van der Waals surface area (Å²) in [5.74, 6) is -0.466. The summed E-state index contributed by atoms with van der Waals surface area (Å²) in [6, 6.07) is 12.9. The Kier molecular flexibility index (Phi) is 6.07. The number of alkyl halides is 3. The molecular formula is C25H20F3N7O2. The molecule has 0 bridgehead atoms. The lowest BCUT2D eigenvalue weighted by molar-refractivity contribution is -0.212. The molecule has 1 amide bonds. The second-order valence-corrected chi connectivity index (χ2v) is 8.05. The van der Waals surface area contributed by atoms with Crippen molar-refractivity contribution in [2.24, 2.45) is 7.05 Å². The summed E-state index contributed by atoms with van der Waals surface area (Å²) in [5.41, 5.74) is 3.46. The summed E-state index contributed by atoms with van der Waals surface area (Å²) in [6.07, 6.45) is 0.00125. The van der Waals surface area contributed by atoms with E-state index in [4.69, 9.17) is 4.74 Å². The van der Waals surface area contributed by atoms with Gasteiger partial charge in [0.25, 0.3) is 5.91 Å². The van der Waals surface area contributed by atoms with Gasteiger partial charge in [-0.05, 0) is 13.0 Å². The van der Waals surface area contributed by atoms with E-state index in [1.54, 1.807) is 30.8 Å². The number of rotatable bonds is 6. The maximum atomic E-state index is 12.9. The van der Waals surface area contributed by atoms with Crippen LogP contribution in [0.4, 0.5) is 18.9 Å². The quantitative estimate of drug-likeness (QED) is 0.347. The van der Waals surface area contributed by atoms with Gasteiger partial charge in [-0.1, -0.05) is 30.3 Å². The van der Waals surface area contributed by atoms with E-state index >= 15 is 0 Å². The van der Waals surface area contributed by atoms with Gasteiger partial charge in [0.2, 0.25) is 0 Å². The smallest absolute Gasteiger partial charge is 0.492 e. The molecule has 5 rings (SSSR count). The third-order valence-electron chi connectivity index (χ3n) is 5.52. The molecule has 1 N–H and O–H groups in total. The van der Waals surface area contributed by atoms with Crippen molar-refractivity contribution in [3.63, 3.8) is 0 Å². The van der Waals surface area contributed by atoms with Gasteiger partial charge < -0.3 is 10.1 Å². The molecular weight excluding hydrogens is 487 g/mol. The molecule has 0 aliphatic heterocycles. The minimum atomic E-state index is -4.73. The predicted octanol–water partition coefficient (Wildman–Crippen LogP) is 5.02. The molecule has 0 spiro atoms. The molecule has 0 aliphatic rings. The van der Waals surface area contributed by atoms with Crippen LogP contribution >= 0.6 is 0 Å². The lowest BCUT2D eigenvalue weighted by atomic mass is 10.0. The molecule has 2 aromatic carbocycles. The van der Waals surface area contributed by atoms with Crippen molar-refractivity contribution in [3.05, 3.63) is 72.9 Å². The van der Waals surface area contributed by atoms with Crippen molar-refractivity contribution in [2.45, 2.75) is 13.2 Å². The summed E-state index contributed by atoms with van der Waals surface area (Å²) in [7, 11) is 1.80. The number of amides is 1. The highest BCUT2D eigenvalue weighted by Crippen LogP contribution is 2.37. The van der Waals surface area contributed by atoms with E-state index in [2.05, 4.69) is 25.5 Å². The number of aromatic nitrogens is 6. The number of aryl methyl sites for hydroxylation is 1. The zero-order chi connectivity index (χ0) is 26.2. The van der Waals surface area contributed by atoms with Crippen molar-refractivity contribution in [2.75, 3.05) is 11.9 Å². The molecule has 0 unspecified atom stereocenters. The molecule has 9 nitrogen and oxygen atoms in total. The van der Waals surface area contributed by atoms with E-state index in [1.807, 2.05) is 36.5 Å². The number of benzene rings is 2. The fourth-order valence-corrected chi connectivity index (χ4v) is 3.92. The number of anilines is 1. The van der Waals surface area contributed by atoms with Gasteiger partial charge in [-0.25, -0.2) is 9.97 Å². The number of hydrogen-bond acceptors (Lipinski definition) is 6. The van der Waals surface area contributed by atoms with Crippen molar-refractivity contribution in [3.8, 4) is 28.3 Å². The van der Waals surface area contributed by atoms with E-state index in [9.17, 15) is 18.0 Å². The van der Waals surface area contributed by atoms with Crippen LogP contribution in [0, 0.1) is 0 Å². The van der Waals surface area contributed by atoms with E-state index in [-0.39, 0.29) is 15.9 Å². The fourth-order valence-electron chi connectivity index (χ4n) is 3.92.